The van der Waals surface area contributed by atoms with Gasteiger partial charge in [0.05, 0.1) is 49.2 Å². The number of amides is 2. The summed E-state index contributed by atoms with van der Waals surface area (Å²) >= 11 is 0. The van der Waals surface area contributed by atoms with E-state index >= 15 is 14.4 Å². The Bertz CT molecular complexity index is 2030. The average Bonchev–Trinajstić information content (AvgIpc) is 3.70. The van der Waals surface area contributed by atoms with Crippen molar-refractivity contribution >= 4 is 34.4 Å². The van der Waals surface area contributed by atoms with Gasteiger partial charge in [-0.1, -0.05) is 91.9 Å². The number of ketones is 1. The number of nitrogens with zero attached hydrogens (tertiary/aromatic N) is 1. The molecule has 1 saturated carbocycles. The maximum atomic E-state index is 16.1. The highest BCUT2D eigenvalue weighted by molar-refractivity contribution is 6.39. The van der Waals surface area contributed by atoms with Crippen LogP contribution in [-0.4, -0.2) is 38.4 Å². The molecule has 2 bridgehead atoms. The smallest absolute Gasteiger partial charge is 0.239 e. The third-order valence-corrected chi connectivity index (χ3v) is 10.8. The molecule has 0 spiro atoms. The maximum Gasteiger partial charge on any atom is 0.239 e. The predicted molar refractivity (Wildman–Crippen MR) is 196 cm³/mol. The average molecular weight is 676 g/mol. The molecule has 7 heteroatoms. The zero-order valence-corrected chi connectivity index (χ0v) is 28.7. The lowest BCUT2D eigenvalue weighted by molar-refractivity contribution is -0.130. The molecule has 4 atom stereocenters. The Morgan fingerprint density at radius 2 is 0.961 bits per heavy atom. The quantitative estimate of drug-likeness (QED) is 0.141. The number of fused-ring (bicyclic) bond motifs is 5. The molecule has 2 amide bonds. The van der Waals surface area contributed by atoms with E-state index in [0.717, 1.165) is 17.5 Å². The summed E-state index contributed by atoms with van der Waals surface area (Å²) in [7, 11) is 3.22. The lowest BCUT2D eigenvalue weighted by Gasteiger charge is -2.39. The van der Waals surface area contributed by atoms with Gasteiger partial charge < -0.3 is 14.2 Å². The second-order valence-electron chi connectivity index (χ2n) is 13.2. The fourth-order valence-corrected chi connectivity index (χ4v) is 8.81. The minimum Gasteiger partial charge on any atom is -0.497 e. The minimum absolute atomic E-state index is 0.177. The molecule has 0 aromatic heterocycles. The van der Waals surface area contributed by atoms with E-state index < -0.39 is 34.5 Å². The molecule has 2 fully saturated rings. The molecular weight excluding hydrogens is 638 g/mol. The summed E-state index contributed by atoms with van der Waals surface area (Å²) in [5.74, 6) is -1.04. The summed E-state index contributed by atoms with van der Waals surface area (Å²) in [6.45, 7) is 2.59. The first-order chi connectivity index (χ1) is 24.9. The van der Waals surface area contributed by atoms with Crippen molar-refractivity contribution in [2.45, 2.75) is 24.2 Å². The van der Waals surface area contributed by atoms with Gasteiger partial charge in [-0.25, -0.2) is 4.90 Å². The highest BCUT2D eigenvalue weighted by Gasteiger charge is 2.82. The molecule has 3 aliphatic rings. The predicted octanol–water partition coefficient (Wildman–Crippen LogP) is 7.68. The molecule has 0 radical (unpaired) electrons. The number of methoxy groups -OCH3 is 2. The Morgan fingerprint density at radius 3 is 1.35 bits per heavy atom. The fourth-order valence-electron chi connectivity index (χ4n) is 8.81. The summed E-state index contributed by atoms with van der Waals surface area (Å²) < 4.78 is 16.9. The van der Waals surface area contributed by atoms with Gasteiger partial charge in [0, 0.05) is 0 Å². The van der Waals surface area contributed by atoms with E-state index in [1.165, 1.54) is 4.90 Å². The number of carbonyl (C=O) groups is 3. The van der Waals surface area contributed by atoms with Crippen LogP contribution in [0.15, 0.2) is 133 Å². The molecule has 1 saturated heterocycles. The van der Waals surface area contributed by atoms with Crippen LogP contribution in [0, 0.1) is 11.8 Å². The Morgan fingerprint density at radius 1 is 0.549 bits per heavy atom. The first kappa shape index (κ1) is 32.3. The van der Waals surface area contributed by atoms with E-state index in [0.29, 0.717) is 51.8 Å². The van der Waals surface area contributed by atoms with Crippen LogP contribution in [0.2, 0.25) is 0 Å². The van der Waals surface area contributed by atoms with Crippen LogP contribution >= 0.6 is 0 Å². The SMILES string of the molecule is CCCOc1ccc(N2C(=O)[C@@H]3[C@H](C2=O)[C@@]2(c4ccccc4)C(=O)[C@@]3(c3ccccc3)C(c3ccc(OC)cc3)=C2c2ccc(OC)cc2)cc1. The Balaban J connectivity index is 1.47. The third-order valence-electron chi connectivity index (χ3n) is 10.8. The number of hydrogen-bond donors (Lipinski definition) is 0. The number of carbonyl (C=O) groups excluding carboxylic acids is 3. The van der Waals surface area contributed by atoms with Crippen LogP contribution in [0.5, 0.6) is 17.2 Å². The van der Waals surface area contributed by atoms with Crippen molar-refractivity contribution in [2.75, 3.05) is 25.7 Å². The molecule has 7 nitrogen and oxygen atoms in total. The van der Waals surface area contributed by atoms with E-state index in [4.69, 9.17) is 14.2 Å². The van der Waals surface area contributed by atoms with Crippen LogP contribution in [-0.2, 0) is 25.2 Å². The first-order valence-corrected chi connectivity index (χ1v) is 17.2. The number of ether oxygens (including phenoxy) is 3. The van der Waals surface area contributed by atoms with Gasteiger partial charge in [0.1, 0.15) is 17.2 Å². The highest BCUT2D eigenvalue weighted by atomic mass is 16.5. The lowest BCUT2D eigenvalue weighted by atomic mass is 9.59. The second-order valence-corrected chi connectivity index (χ2v) is 13.2. The summed E-state index contributed by atoms with van der Waals surface area (Å²) in [5, 5.41) is 0. The van der Waals surface area contributed by atoms with E-state index in [2.05, 4.69) is 0 Å². The number of imide groups is 1. The van der Waals surface area contributed by atoms with Crippen LogP contribution in [0.4, 0.5) is 5.69 Å². The summed E-state index contributed by atoms with van der Waals surface area (Å²) in [6, 6.07) is 41.3. The molecular formula is C44H37NO6. The number of rotatable bonds is 10. The van der Waals surface area contributed by atoms with Crippen LogP contribution in [0.1, 0.15) is 35.6 Å². The zero-order valence-electron chi connectivity index (χ0n) is 28.7. The van der Waals surface area contributed by atoms with Crippen LogP contribution in [0.25, 0.3) is 11.1 Å². The van der Waals surface area contributed by atoms with Gasteiger partial charge in [-0.05, 0) is 88.4 Å². The van der Waals surface area contributed by atoms with Gasteiger partial charge in [-0.2, -0.15) is 0 Å². The Hall–Kier alpha value is -5.95. The third kappa shape index (κ3) is 4.47. The number of Topliss-reactive ketones (excluding diaryl/α,β-unsaturated/α-hetero) is 1. The summed E-state index contributed by atoms with van der Waals surface area (Å²) in [5.41, 5.74) is 1.74. The van der Waals surface area contributed by atoms with Gasteiger partial charge in [0.25, 0.3) is 0 Å². The molecule has 2 aliphatic carbocycles. The van der Waals surface area contributed by atoms with Crippen LogP contribution < -0.4 is 19.1 Å². The van der Waals surface area contributed by atoms with E-state index in [9.17, 15) is 0 Å². The molecule has 0 unspecified atom stereocenters. The van der Waals surface area contributed by atoms with Crippen molar-refractivity contribution in [3.05, 3.63) is 156 Å². The van der Waals surface area contributed by atoms with Gasteiger partial charge in [0.2, 0.25) is 11.8 Å². The molecule has 5 aromatic carbocycles. The molecule has 254 valence electrons. The largest absolute Gasteiger partial charge is 0.497 e. The number of allylic oxidation sites excluding steroid dienone is 2. The van der Waals surface area contributed by atoms with E-state index in [1.807, 2.05) is 116 Å². The van der Waals surface area contributed by atoms with Gasteiger partial charge in [-0.15, -0.1) is 0 Å². The standard InChI is InChI=1S/C44H37NO6/c1-4-27-51-35-25-19-32(20-26-35)45-40(46)38-39(41(45)47)44(31-13-9-6-10-14-31)37(29-17-23-34(50-3)24-18-29)36(28-15-21-33(49-2)22-16-28)43(38,42(44)48)30-11-7-5-8-12-30/h5-26,38-39H,4,27H2,1-3H3/t38-,39+,43-,44-/m0/s1. The Labute approximate surface area is 297 Å². The van der Waals surface area contributed by atoms with Crippen molar-refractivity contribution in [3.8, 4) is 17.2 Å². The van der Waals surface area contributed by atoms with Crippen molar-refractivity contribution in [3.63, 3.8) is 0 Å². The first-order valence-electron chi connectivity index (χ1n) is 17.2. The fraction of sp³-hybridized carbons (Fsp3) is 0.205. The monoisotopic (exact) mass is 675 g/mol. The number of benzene rings is 5. The number of anilines is 1. The van der Waals surface area contributed by atoms with Gasteiger partial charge >= 0.3 is 0 Å². The molecule has 1 heterocycles. The van der Waals surface area contributed by atoms with E-state index in [1.54, 1.807) is 38.5 Å². The van der Waals surface area contributed by atoms with E-state index in [-0.39, 0.29) is 5.78 Å². The maximum absolute atomic E-state index is 16.1. The lowest BCUT2D eigenvalue weighted by Crippen LogP contribution is -2.45. The minimum atomic E-state index is -1.50. The molecule has 0 N–H and O–H groups in total. The van der Waals surface area contributed by atoms with Crippen molar-refractivity contribution in [1.82, 2.24) is 0 Å². The topological polar surface area (TPSA) is 82.1 Å². The normalized spacial score (nSPS) is 23.5. The Kier molecular flexibility index (Phi) is 7.86. The number of hydrogen-bond acceptors (Lipinski definition) is 6. The second kappa shape index (κ2) is 12.4. The summed E-state index contributed by atoms with van der Waals surface area (Å²) in [6.07, 6.45) is 0.853. The molecule has 5 aromatic rings. The van der Waals surface area contributed by atoms with Crippen molar-refractivity contribution in [1.29, 1.82) is 0 Å². The molecule has 1 aliphatic heterocycles. The molecule has 8 rings (SSSR count). The van der Waals surface area contributed by atoms with Gasteiger partial charge in [-0.3, -0.25) is 14.4 Å². The van der Waals surface area contributed by atoms with Gasteiger partial charge in [0.15, 0.2) is 5.78 Å². The molecule has 51 heavy (non-hydrogen) atoms. The zero-order chi connectivity index (χ0) is 35.3. The summed E-state index contributed by atoms with van der Waals surface area (Å²) in [4.78, 5) is 47.8. The van der Waals surface area contributed by atoms with Crippen molar-refractivity contribution < 1.29 is 28.6 Å². The van der Waals surface area contributed by atoms with Crippen molar-refractivity contribution in [2.24, 2.45) is 11.8 Å². The van der Waals surface area contributed by atoms with Crippen LogP contribution in [0.3, 0.4) is 0 Å². The highest BCUT2D eigenvalue weighted by Crippen LogP contribution is 2.74.